The van der Waals surface area contributed by atoms with E-state index in [-0.39, 0.29) is 12.6 Å². The Labute approximate surface area is 75.3 Å². The number of carbonyl (C=O) groups excluding carboxylic acids is 1. The minimum atomic E-state index is -0.546. The van der Waals surface area contributed by atoms with Crippen LogP contribution in [-0.2, 0) is 0 Å². The van der Waals surface area contributed by atoms with Gasteiger partial charge in [0.2, 0.25) is 0 Å². The van der Waals surface area contributed by atoms with Gasteiger partial charge in [-0.15, -0.1) is 0 Å². The van der Waals surface area contributed by atoms with Gasteiger partial charge in [-0.05, 0) is 6.92 Å². The Morgan fingerprint density at radius 2 is 2.62 bits per heavy atom. The Balaban J connectivity index is 2.26. The third kappa shape index (κ3) is 3.57. The maximum absolute atomic E-state index is 11.0. The summed E-state index contributed by atoms with van der Waals surface area (Å²) in [6, 6.07) is -0.359. The molecular weight excluding hydrogens is 172 g/mol. The van der Waals surface area contributed by atoms with E-state index in [9.17, 15) is 4.79 Å². The third-order valence-electron chi connectivity index (χ3n) is 1.31. The van der Waals surface area contributed by atoms with Gasteiger partial charge in [-0.1, -0.05) is 0 Å². The van der Waals surface area contributed by atoms with Gasteiger partial charge in [0, 0.05) is 12.7 Å². The zero-order valence-electron chi connectivity index (χ0n) is 7.24. The van der Waals surface area contributed by atoms with Gasteiger partial charge < -0.3 is 15.7 Å². The number of aliphatic hydroxyl groups is 1. The fourth-order valence-electron chi connectivity index (χ4n) is 0.735. The zero-order chi connectivity index (χ0) is 9.68. The lowest BCUT2D eigenvalue weighted by atomic mass is 10.4. The molecule has 0 saturated carbocycles. The van der Waals surface area contributed by atoms with Crippen LogP contribution in [0.3, 0.4) is 0 Å². The van der Waals surface area contributed by atoms with Crippen LogP contribution in [0.5, 0.6) is 0 Å². The molecule has 0 saturated heterocycles. The Bertz CT molecular complexity index is 257. The number of hydrogen-bond donors (Lipinski definition) is 4. The second-order valence-electron chi connectivity index (χ2n) is 2.67. The van der Waals surface area contributed by atoms with Crippen LogP contribution in [0.15, 0.2) is 12.4 Å². The van der Waals surface area contributed by atoms with Crippen molar-refractivity contribution >= 4 is 11.7 Å². The molecule has 0 aromatic carbocycles. The summed E-state index contributed by atoms with van der Waals surface area (Å²) in [6.07, 6.45) is 2.50. The Morgan fingerprint density at radius 3 is 3.15 bits per heavy atom. The number of urea groups is 1. The molecule has 2 amide bonds. The van der Waals surface area contributed by atoms with E-state index in [0.29, 0.717) is 5.69 Å². The van der Waals surface area contributed by atoms with Gasteiger partial charge in [0.15, 0.2) is 0 Å². The van der Waals surface area contributed by atoms with Crippen LogP contribution < -0.4 is 10.6 Å². The highest BCUT2D eigenvalue weighted by molar-refractivity contribution is 5.88. The molecule has 1 aromatic rings. The summed E-state index contributed by atoms with van der Waals surface area (Å²) in [5.41, 5.74) is 0.586. The second kappa shape index (κ2) is 4.46. The van der Waals surface area contributed by atoms with Crippen molar-refractivity contribution in [1.82, 2.24) is 15.5 Å². The smallest absolute Gasteiger partial charge is 0.319 e. The number of H-pyrrole nitrogens is 1. The molecule has 6 heteroatoms. The molecule has 0 spiro atoms. The van der Waals surface area contributed by atoms with E-state index in [1.165, 1.54) is 6.20 Å². The van der Waals surface area contributed by atoms with E-state index in [1.807, 2.05) is 0 Å². The summed E-state index contributed by atoms with van der Waals surface area (Å²) < 4.78 is 0. The highest BCUT2D eigenvalue weighted by Crippen LogP contribution is 1.99. The molecule has 13 heavy (non-hydrogen) atoms. The Kier molecular flexibility index (Phi) is 3.27. The normalized spacial score (nSPS) is 12.2. The second-order valence-corrected chi connectivity index (χ2v) is 2.67. The summed E-state index contributed by atoms with van der Waals surface area (Å²) >= 11 is 0. The van der Waals surface area contributed by atoms with Gasteiger partial charge in [0.25, 0.3) is 0 Å². The number of aromatic amines is 1. The highest BCUT2D eigenvalue weighted by Gasteiger charge is 2.02. The molecule has 0 aliphatic heterocycles. The molecule has 0 bridgehead atoms. The van der Waals surface area contributed by atoms with Crippen LogP contribution in [0.4, 0.5) is 10.5 Å². The molecule has 0 unspecified atom stereocenters. The highest BCUT2D eigenvalue weighted by atomic mass is 16.3. The average Bonchev–Trinajstić information content (AvgIpc) is 2.53. The molecule has 1 rings (SSSR count). The van der Waals surface area contributed by atoms with Crippen molar-refractivity contribution in [2.75, 3.05) is 11.9 Å². The zero-order valence-corrected chi connectivity index (χ0v) is 7.24. The number of carbonyl (C=O) groups is 1. The largest absolute Gasteiger partial charge is 0.392 e. The van der Waals surface area contributed by atoms with E-state index in [0.717, 1.165) is 0 Å². The number of nitrogens with zero attached hydrogens (tertiary/aromatic N) is 1. The van der Waals surface area contributed by atoms with Crippen molar-refractivity contribution in [3.8, 4) is 0 Å². The van der Waals surface area contributed by atoms with E-state index >= 15 is 0 Å². The van der Waals surface area contributed by atoms with Gasteiger partial charge in [0.1, 0.15) is 0 Å². The van der Waals surface area contributed by atoms with Crippen LogP contribution in [-0.4, -0.2) is 34.0 Å². The first-order chi connectivity index (χ1) is 6.18. The Hall–Kier alpha value is -1.56. The standard InChI is InChI=1S/C7H12N4O2/c1-5(12)2-8-7(13)11-6-3-9-10-4-6/h3-5,12H,2H2,1H3,(H,9,10)(H2,8,11,13)/t5-/m0/s1. The molecule has 6 nitrogen and oxygen atoms in total. The number of aliphatic hydroxyl groups excluding tert-OH is 1. The number of amides is 2. The number of anilines is 1. The van der Waals surface area contributed by atoms with Gasteiger partial charge >= 0.3 is 6.03 Å². The minimum absolute atomic E-state index is 0.226. The summed E-state index contributed by atoms with van der Waals surface area (Å²) in [6.45, 7) is 1.82. The third-order valence-corrected chi connectivity index (χ3v) is 1.31. The summed E-state index contributed by atoms with van der Waals surface area (Å²) in [5, 5.41) is 20.1. The first kappa shape index (κ1) is 9.53. The summed E-state index contributed by atoms with van der Waals surface area (Å²) in [7, 11) is 0. The van der Waals surface area contributed by atoms with E-state index in [1.54, 1.807) is 13.1 Å². The SMILES string of the molecule is C[C@H](O)CNC(=O)Nc1cn[nH]c1. The quantitative estimate of drug-likeness (QED) is 0.529. The molecular formula is C7H12N4O2. The number of aromatic nitrogens is 2. The van der Waals surface area contributed by atoms with E-state index in [4.69, 9.17) is 5.11 Å². The first-order valence-electron chi connectivity index (χ1n) is 3.90. The van der Waals surface area contributed by atoms with Crippen molar-refractivity contribution in [1.29, 1.82) is 0 Å². The summed E-state index contributed by atoms with van der Waals surface area (Å²) in [4.78, 5) is 11.0. The average molecular weight is 184 g/mol. The fraction of sp³-hybridized carbons (Fsp3) is 0.429. The van der Waals surface area contributed by atoms with Crippen LogP contribution in [0.2, 0.25) is 0 Å². The lowest BCUT2D eigenvalue weighted by molar-refractivity contribution is 0.190. The van der Waals surface area contributed by atoms with Crippen molar-refractivity contribution in [3.05, 3.63) is 12.4 Å². The topological polar surface area (TPSA) is 90.0 Å². The van der Waals surface area contributed by atoms with Crippen LogP contribution in [0, 0.1) is 0 Å². The summed E-state index contributed by atoms with van der Waals surface area (Å²) in [5.74, 6) is 0. The molecule has 0 aliphatic carbocycles. The van der Waals surface area contributed by atoms with Gasteiger partial charge in [-0.3, -0.25) is 5.10 Å². The number of hydrogen-bond acceptors (Lipinski definition) is 3. The monoisotopic (exact) mass is 184 g/mol. The maximum atomic E-state index is 11.0. The molecule has 1 atom stereocenters. The molecule has 0 aliphatic rings. The number of nitrogens with one attached hydrogen (secondary N) is 3. The molecule has 72 valence electrons. The van der Waals surface area contributed by atoms with Gasteiger partial charge in [0.05, 0.1) is 18.0 Å². The molecule has 1 aromatic heterocycles. The molecule has 1 heterocycles. The molecule has 0 radical (unpaired) electrons. The predicted octanol–water partition coefficient (Wildman–Crippen LogP) is -0.0880. The number of rotatable bonds is 3. The van der Waals surface area contributed by atoms with Gasteiger partial charge in [-0.25, -0.2) is 4.79 Å². The molecule has 4 N–H and O–H groups in total. The van der Waals surface area contributed by atoms with Crippen molar-refractivity contribution in [2.45, 2.75) is 13.0 Å². The molecule has 0 fully saturated rings. The lowest BCUT2D eigenvalue weighted by Gasteiger charge is -2.06. The van der Waals surface area contributed by atoms with E-state index < -0.39 is 6.10 Å². The lowest BCUT2D eigenvalue weighted by Crippen LogP contribution is -2.33. The fourth-order valence-corrected chi connectivity index (χ4v) is 0.735. The minimum Gasteiger partial charge on any atom is -0.392 e. The van der Waals surface area contributed by atoms with Crippen LogP contribution in [0.1, 0.15) is 6.92 Å². The van der Waals surface area contributed by atoms with Crippen molar-refractivity contribution in [2.24, 2.45) is 0 Å². The van der Waals surface area contributed by atoms with Crippen molar-refractivity contribution < 1.29 is 9.90 Å². The maximum Gasteiger partial charge on any atom is 0.319 e. The van der Waals surface area contributed by atoms with Crippen molar-refractivity contribution in [3.63, 3.8) is 0 Å². The van der Waals surface area contributed by atoms with Crippen LogP contribution >= 0.6 is 0 Å². The predicted molar refractivity (Wildman–Crippen MR) is 47.3 cm³/mol. The first-order valence-corrected chi connectivity index (χ1v) is 3.90. The van der Waals surface area contributed by atoms with Crippen LogP contribution in [0.25, 0.3) is 0 Å². The van der Waals surface area contributed by atoms with E-state index in [2.05, 4.69) is 20.8 Å². The Morgan fingerprint density at radius 1 is 1.85 bits per heavy atom. The van der Waals surface area contributed by atoms with Gasteiger partial charge in [-0.2, -0.15) is 5.10 Å².